The summed E-state index contributed by atoms with van der Waals surface area (Å²) in [6, 6.07) is 6.86. The van der Waals surface area contributed by atoms with Gasteiger partial charge in [-0.2, -0.15) is 13.2 Å². The second-order valence-electron chi connectivity index (χ2n) is 3.59. The van der Waals surface area contributed by atoms with Crippen molar-refractivity contribution in [3.63, 3.8) is 0 Å². The predicted molar refractivity (Wildman–Crippen MR) is 58.0 cm³/mol. The molecule has 17 heavy (non-hydrogen) atoms. The van der Waals surface area contributed by atoms with Crippen molar-refractivity contribution in [1.29, 1.82) is 0 Å². The van der Waals surface area contributed by atoms with Gasteiger partial charge in [-0.3, -0.25) is 4.79 Å². The van der Waals surface area contributed by atoms with Gasteiger partial charge in [0, 0.05) is 18.7 Å². The number of amides is 1. The molecule has 0 aliphatic heterocycles. The quantitative estimate of drug-likeness (QED) is 0.800. The summed E-state index contributed by atoms with van der Waals surface area (Å²) >= 11 is 0. The summed E-state index contributed by atoms with van der Waals surface area (Å²) in [5.74, 6) is -0.634. The van der Waals surface area contributed by atoms with Crippen molar-refractivity contribution in [3.8, 4) is 0 Å². The van der Waals surface area contributed by atoms with E-state index >= 15 is 0 Å². The number of anilines is 1. The zero-order valence-electron chi connectivity index (χ0n) is 9.05. The van der Waals surface area contributed by atoms with Gasteiger partial charge in [-0.15, -0.1) is 0 Å². The first kappa shape index (κ1) is 13.3. The number of nitrogen functional groups attached to an aromatic ring is 1. The van der Waals surface area contributed by atoms with Crippen molar-refractivity contribution in [2.24, 2.45) is 0 Å². The van der Waals surface area contributed by atoms with E-state index in [0.717, 1.165) is 0 Å². The minimum absolute atomic E-state index is 0.142. The van der Waals surface area contributed by atoms with E-state index in [1.54, 1.807) is 24.3 Å². The highest BCUT2D eigenvalue weighted by atomic mass is 19.4. The number of benzene rings is 1. The first-order valence-electron chi connectivity index (χ1n) is 5.05. The molecular weight excluding hydrogens is 233 g/mol. The maximum Gasteiger partial charge on any atom is 0.389 e. The Bertz CT molecular complexity index is 391. The summed E-state index contributed by atoms with van der Waals surface area (Å²) in [7, 11) is 0. The lowest BCUT2D eigenvalue weighted by atomic mass is 10.2. The van der Waals surface area contributed by atoms with Crippen LogP contribution in [0.15, 0.2) is 24.3 Å². The zero-order chi connectivity index (χ0) is 12.9. The number of para-hydroxylation sites is 1. The molecule has 1 amide bonds. The fourth-order valence-electron chi connectivity index (χ4n) is 1.23. The molecule has 94 valence electrons. The third kappa shape index (κ3) is 5.24. The van der Waals surface area contributed by atoms with Gasteiger partial charge in [0.2, 0.25) is 5.91 Å². The molecule has 0 fully saturated rings. The van der Waals surface area contributed by atoms with Gasteiger partial charge in [0.25, 0.3) is 0 Å². The van der Waals surface area contributed by atoms with Crippen molar-refractivity contribution in [2.45, 2.75) is 25.6 Å². The highest BCUT2D eigenvalue weighted by Crippen LogP contribution is 2.21. The monoisotopic (exact) mass is 246 g/mol. The van der Waals surface area contributed by atoms with Crippen LogP contribution in [0.3, 0.4) is 0 Å². The van der Waals surface area contributed by atoms with E-state index in [4.69, 9.17) is 5.73 Å². The highest BCUT2D eigenvalue weighted by molar-refractivity contribution is 5.76. The molecular formula is C11H13F3N2O. The van der Waals surface area contributed by atoms with Crippen LogP contribution in [-0.2, 0) is 11.3 Å². The second-order valence-corrected chi connectivity index (χ2v) is 3.59. The fraction of sp³-hybridized carbons (Fsp3) is 0.364. The van der Waals surface area contributed by atoms with Crippen LogP contribution < -0.4 is 11.1 Å². The van der Waals surface area contributed by atoms with E-state index in [1.807, 2.05) is 0 Å². The number of halogens is 3. The summed E-state index contributed by atoms with van der Waals surface area (Å²) in [6.45, 7) is 0.142. The topological polar surface area (TPSA) is 55.1 Å². The van der Waals surface area contributed by atoms with Crippen LogP contribution in [0.25, 0.3) is 0 Å². The lowest BCUT2D eigenvalue weighted by molar-refractivity contribution is -0.144. The van der Waals surface area contributed by atoms with Crippen LogP contribution in [0.2, 0.25) is 0 Å². The minimum atomic E-state index is -4.30. The molecule has 0 bridgehead atoms. The van der Waals surface area contributed by atoms with Crippen LogP contribution >= 0.6 is 0 Å². The number of rotatable bonds is 4. The van der Waals surface area contributed by atoms with E-state index in [1.165, 1.54) is 0 Å². The molecule has 0 atom stereocenters. The Morgan fingerprint density at radius 2 is 1.94 bits per heavy atom. The number of carbonyl (C=O) groups is 1. The molecule has 1 aromatic rings. The standard InChI is InChI=1S/C11H13F3N2O/c12-11(13,14)6-5-10(17)16-7-8-3-1-2-4-9(8)15/h1-4H,5-7,15H2,(H,16,17). The Morgan fingerprint density at radius 1 is 1.29 bits per heavy atom. The Balaban J connectivity index is 2.36. The van der Waals surface area contributed by atoms with E-state index in [-0.39, 0.29) is 6.54 Å². The molecule has 0 saturated heterocycles. The number of nitrogens with one attached hydrogen (secondary N) is 1. The van der Waals surface area contributed by atoms with Crippen LogP contribution in [-0.4, -0.2) is 12.1 Å². The van der Waals surface area contributed by atoms with Crippen molar-refractivity contribution >= 4 is 11.6 Å². The molecule has 0 unspecified atom stereocenters. The highest BCUT2D eigenvalue weighted by Gasteiger charge is 2.27. The molecule has 3 N–H and O–H groups in total. The third-order valence-electron chi connectivity index (χ3n) is 2.17. The fourth-order valence-corrected chi connectivity index (χ4v) is 1.23. The second kappa shape index (κ2) is 5.56. The van der Waals surface area contributed by atoms with Gasteiger partial charge in [-0.05, 0) is 11.6 Å². The largest absolute Gasteiger partial charge is 0.398 e. The molecule has 3 nitrogen and oxygen atoms in total. The average Bonchev–Trinajstić information content (AvgIpc) is 2.24. The van der Waals surface area contributed by atoms with E-state index in [2.05, 4.69) is 5.32 Å². The molecule has 6 heteroatoms. The lowest BCUT2D eigenvalue weighted by Crippen LogP contribution is -2.24. The molecule has 0 heterocycles. The molecule has 0 radical (unpaired) electrons. The Labute approximate surface area is 96.8 Å². The predicted octanol–water partition coefficient (Wildman–Crippen LogP) is 2.23. The normalized spacial score (nSPS) is 11.2. The first-order valence-corrected chi connectivity index (χ1v) is 5.05. The molecule has 0 spiro atoms. The molecule has 0 aliphatic rings. The summed E-state index contributed by atoms with van der Waals surface area (Å²) < 4.78 is 35.5. The smallest absolute Gasteiger partial charge is 0.389 e. The number of alkyl halides is 3. The molecule has 0 aliphatic carbocycles. The Morgan fingerprint density at radius 3 is 2.53 bits per heavy atom. The number of hydrogen-bond acceptors (Lipinski definition) is 2. The average molecular weight is 246 g/mol. The maximum atomic E-state index is 11.8. The Hall–Kier alpha value is -1.72. The zero-order valence-corrected chi connectivity index (χ0v) is 9.05. The third-order valence-corrected chi connectivity index (χ3v) is 2.17. The number of hydrogen-bond donors (Lipinski definition) is 2. The van der Waals surface area contributed by atoms with Gasteiger partial charge in [-0.1, -0.05) is 18.2 Å². The number of carbonyl (C=O) groups excluding carboxylic acids is 1. The number of nitrogens with two attached hydrogens (primary N) is 1. The molecule has 1 rings (SSSR count). The van der Waals surface area contributed by atoms with Gasteiger partial charge >= 0.3 is 6.18 Å². The maximum absolute atomic E-state index is 11.8. The van der Waals surface area contributed by atoms with Gasteiger partial charge < -0.3 is 11.1 Å². The van der Waals surface area contributed by atoms with Gasteiger partial charge in [0.1, 0.15) is 0 Å². The lowest BCUT2D eigenvalue weighted by Gasteiger charge is -2.08. The first-order chi connectivity index (χ1) is 7.88. The van der Waals surface area contributed by atoms with E-state index in [0.29, 0.717) is 11.3 Å². The van der Waals surface area contributed by atoms with Gasteiger partial charge in [-0.25, -0.2) is 0 Å². The van der Waals surface area contributed by atoms with Crippen LogP contribution in [0.1, 0.15) is 18.4 Å². The van der Waals surface area contributed by atoms with Crippen LogP contribution in [0, 0.1) is 0 Å². The molecule has 0 aromatic heterocycles. The summed E-state index contributed by atoms with van der Waals surface area (Å²) in [5, 5.41) is 2.39. The van der Waals surface area contributed by atoms with Crippen molar-refractivity contribution in [2.75, 3.05) is 5.73 Å². The minimum Gasteiger partial charge on any atom is -0.398 e. The molecule has 0 saturated carbocycles. The van der Waals surface area contributed by atoms with E-state index in [9.17, 15) is 18.0 Å². The Kier molecular flexibility index (Phi) is 4.37. The summed E-state index contributed by atoms with van der Waals surface area (Å²) in [4.78, 5) is 11.1. The molecule has 1 aromatic carbocycles. The van der Waals surface area contributed by atoms with Crippen molar-refractivity contribution in [3.05, 3.63) is 29.8 Å². The van der Waals surface area contributed by atoms with E-state index < -0.39 is 24.9 Å². The van der Waals surface area contributed by atoms with Crippen molar-refractivity contribution in [1.82, 2.24) is 5.32 Å². The summed E-state index contributed by atoms with van der Waals surface area (Å²) in [6.07, 6.45) is -5.97. The SMILES string of the molecule is Nc1ccccc1CNC(=O)CCC(F)(F)F. The van der Waals surface area contributed by atoms with Crippen LogP contribution in [0.4, 0.5) is 18.9 Å². The summed E-state index contributed by atoms with van der Waals surface area (Å²) in [5.41, 5.74) is 6.81. The van der Waals surface area contributed by atoms with Gasteiger partial charge in [0.15, 0.2) is 0 Å². The van der Waals surface area contributed by atoms with Gasteiger partial charge in [0.05, 0.1) is 6.42 Å². The van der Waals surface area contributed by atoms with Crippen molar-refractivity contribution < 1.29 is 18.0 Å². The van der Waals surface area contributed by atoms with Crippen LogP contribution in [0.5, 0.6) is 0 Å².